The number of nitrogens with zero attached hydrogens (tertiary/aromatic N) is 2. The molecule has 0 radical (unpaired) electrons. The van der Waals surface area contributed by atoms with E-state index in [0.29, 0.717) is 24.5 Å². The van der Waals surface area contributed by atoms with E-state index in [1.54, 1.807) is 4.57 Å². The SMILES string of the molecule is CCc1nc(=O)n(C2CCCC2C)c(CC)c1CC(=O)O. The van der Waals surface area contributed by atoms with Crippen molar-refractivity contribution < 1.29 is 9.90 Å². The van der Waals surface area contributed by atoms with Crippen LogP contribution in [0.15, 0.2) is 4.79 Å². The Bertz CT molecular complexity index is 592. The first-order valence-corrected chi connectivity index (χ1v) is 7.84. The molecule has 1 aliphatic carbocycles. The van der Waals surface area contributed by atoms with Crippen molar-refractivity contribution in [2.45, 2.75) is 65.3 Å². The lowest BCUT2D eigenvalue weighted by atomic mass is 10.0. The number of hydrogen-bond acceptors (Lipinski definition) is 3. The highest BCUT2D eigenvalue weighted by molar-refractivity contribution is 5.71. The summed E-state index contributed by atoms with van der Waals surface area (Å²) in [5, 5.41) is 9.17. The Morgan fingerprint density at radius 1 is 1.33 bits per heavy atom. The van der Waals surface area contributed by atoms with Gasteiger partial charge in [-0.2, -0.15) is 4.98 Å². The van der Waals surface area contributed by atoms with Crippen molar-refractivity contribution in [3.8, 4) is 0 Å². The van der Waals surface area contributed by atoms with Gasteiger partial charge in [0.15, 0.2) is 0 Å². The summed E-state index contributed by atoms with van der Waals surface area (Å²) in [6.45, 7) is 6.05. The molecule has 1 N–H and O–H groups in total. The molecule has 5 nitrogen and oxygen atoms in total. The number of rotatable bonds is 5. The van der Waals surface area contributed by atoms with Gasteiger partial charge in [-0.25, -0.2) is 4.79 Å². The molecule has 0 saturated heterocycles. The van der Waals surface area contributed by atoms with Crippen LogP contribution in [0.4, 0.5) is 0 Å². The summed E-state index contributed by atoms with van der Waals surface area (Å²) in [6, 6.07) is 0.165. The number of aryl methyl sites for hydroxylation is 1. The van der Waals surface area contributed by atoms with E-state index in [0.717, 1.165) is 30.5 Å². The summed E-state index contributed by atoms with van der Waals surface area (Å²) in [5.41, 5.74) is 2.04. The van der Waals surface area contributed by atoms with Gasteiger partial charge < -0.3 is 5.11 Å². The first-order chi connectivity index (χ1) is 9.99. The topological polar surface area (TPSA) is 72.2 Å². The Morgan fingerprint density at radius 3 is 2.52 bits per heavy atom. The van der Waals surface area contributed by atoms with E-state index in [2.05, 4.69) is 11.9 Å². The highest BCUT2D eigenvalue weighted by Gasteiger charge is 2.29. The minimum Gasteiger partial charge on any atom is -0.481 e. The van der Waals surface area contributed by atoms with Crippen molar-refractivity contribution in [2.24, 2.45) is 5.92 Å². The Morgan fingerprint density at radius 2 is 2.05 bits per heavy atom. The van der Waals surface area contributed by atoms with Crippen molar-refractivity contribution in [1.82, 2.24) is 9.55 Å². The maximum absolute atomic E-state index is 12.5. The Kier molecular flexibility index (Phi) is 4.80. The number of carboxylic acid groups (broad SMARTS) is 1. The molecule has 2 rings (SSSR count). The number of hydrogen-bond donors (Lipinski definition) is 1. The Hall–Kier alpha value is -1.65. The Balaban J connectivity index is 2.63. The standard InChI is InChI=1S/C16H24N2O3/c1-4-12-11(9-15(19)20)13(5-2)18(16(21)17-12)14-8-6-7-10(14)3/h10,14H,4-9H2,1-3H3,(H,19,20). The zero-order chi connectivity index (χ0) is 15.6. The summed E-state index contributed by atoms with van der Waals surface area (Å²) in [5.74, 6) is -0.425. The van der Waals surface area contributed by atoms with Crippen LogP contribution >= 0.6 is 0 Å². The van der Waals surface area contributed by atoms with Crippen LogP contribution in [0.1, 0.15) is 63.0 Å². The fraction of sp³-hybridized carbons (Fsp3) is 0.688. The van der Waals surface area contributed by atoms with Gasteiger partial charge >= 0.3 is 11.7 Å². The fourth-order valence-electron chi connectivity index (χ4n) is 3.55. The predicted molar refractivity (Wildman–Crippen MR) is 80.6 cm³/mol. The smallest absolute Gasteiger partial charge is 0.348 e. The molecule has 116 valence electrons. The van der Waals surface area contributed by atoms with Gasteiger partial charge in [0, 0.05) is 17.3 Å². The van der Waals surface area contributed by atoms with Crippen molar-refractivity contribution in [1.29, 1.82) is 0 Å². The van der Waals surface area contributed by atoms with Crippen LogP contribution in [-0.2, 0) is 24.1 Å². The lowest BCUT2D eigenvalue weighted by Gasteiger charge is -2.24. The van der Waals surface area contributed by atoms with E-state index in [4.69, 9.17) is 5.11 Å². The summed E-state index contributed by atoms with van der Waals surface area (Å²) < 4.78 is 1.79. The first kappa shape index (κ1) is 15.7. The second-order valence-corrected chi connectivity index (χ2v) is 5.89. The highest BCUT2D eigenvalue weighted by atomic mass is 16.4. The molecule has 0 aromatic carbocycles. The van der Waals surface area contributed by atoms with Crippen LogP contribution in [0.3, 0.4) is 0 Å². The van der Waals surface area contributed by atoms with Crippen molar-refractivity contribution in [2.75, 3.05) is 0 Å². The molecule has 2 unspecified atom stereocenters. The summed E-state index contributed by atoms with van der Waals surface area (Å²) in [6.07, 6.45) is 4.41. The van der Waals surface area contributed by atoms with E-state index < -0.39 is 5.97 Å². The number of aliphatic carboxylic acids is 1. The van der Waals surface area contributed by atoms with Crippen LogP contribution in [0.5, 0.6) is 0 Å². The molecule has 0 aliphatic heterocycles. The fourth-order valence-corrected chi connectivity index (χ4v) is 3.55. The number of carboxylic acids is 1. The molecule has 1 heterocycles. The Labute approximate surface area is 125 Å². The summed E-state index contributed by atoms with van der Waals surface area (Å²) in [4.78, 5) is 27.8. The molecule has 2 atom stereocenters. The van der Waals surface area contributed by atoms with E-state index >= 15 is 0 Å². The van der Waals surface area contributed by atoms with Gasteiger partial charge in [0.05, 0.1) is 12.1 Å². The number of carbonyl (C=O) groups is 1. The van der Waals surface area contributed by atoms with Crippen LogP contribution in [0, 0.1) is 5.92 Å². The van der Waals surface area contributed by atoms with Crippen LogP contribution in [0.2, 0.25) is 0 Å². The second kappa shape index (κ2) is 6.41. The lowest BCUT2D eigenvalue weighted by molar-refractivity contribution is -0.136. The van der Waals surface area contributed by atoms with Crippen molar-refractivity contribution in [3.05, 3.63) is 27.4 Å². The monoisotopic (exact) mass is 292 g/mol. The number of aromatic nitrogens is 2. The largest absolute Gasteiger partial charge is 0.481 e. The molecule has 1 aromatic rings. The normalized spacial score (nSPS) is 21.7. The molecule has 1 aromatic heterocycles. The molecule has 1 fully saturated rings. The van der Waals surface area contributed by atoms with Crippen LogP contribution < -0.4 is 5.69 Å². The van der Waals surface area contributed by atoms with Gasteiger partial charge in [-0.1, -0.05) is 27.2 Å². The van der Waals surface area contributed by atoms with Gasteiger partial charge in [-0.05, 0) is 31.6 Å². The van der Waals surface area contributed by atoms with Gasteiger partial charge in [0.1, 0.15) is 0 Å². The predicted octanol–water partition coefficient (Wildman–Crippen LogP) is 2.36. The molecule has 1 aliphatic rings. The molecular weight excluding hydrogens is 268 g/mol. The third kappa shape index (κ3) is 3.01. The second-order valence-electron chi connectivity index (χ2n) is 5.89. The third-order valence-corrected chi connectivity index (χ3v) is 4.57. The van der Waals surface area contributed by atoms with Gasteiger partial charge in [-0.15, -0.1) is 0 Å². The van der Waals surface area contributed by atoms with E-state index in [-0.39, 0.29) is 18.2 Å². The van der Waals surface area contributed by atoms with Gasteiger partial charge in [0.2, 0.25) is 0 Å². The molecule has 1 saturated carbocycles. The van der Waals surface area contributed by atoms with E-state index in [9.17, 15) is 9.59 Å². The summed E-state index contributed by atoms with van der Waals surface area (Å²) >= 11 is 0. The molecule has 0 spiro atoms. The zero-order valence-corrected chi connectivity index (χ0v) is 13.1. The average Bonchev–Trinajstić information content (AvgIpc) is 2.85. The maximum atomic E-state index is 12.5. The summed E-state index contributed by atoms with van der Waals surface area (Å²) in [7, 11) is 0. The molecule has 21 heavy (non-hydrogen) atoms. The van der Waals surface area contributed by atoms with Crippen molar-refractivity contribution in [3.63, 3.8) is 0 Å². The van der Waals surface area contributed by atoms with Crippen molar-refractivity contribution >= 4 is 5.97 Å². The minimum absolute atomic E-state index is 0.0548. The molecule has 0 bridgehead atoms. The molecule has 5 heteroatoms. The van der Waals surface area contributed by atoms with E-state index in [1.807, 2.05) is 13.8 Å². The average molecular weight is 292 g/mol. The van der Waals surface area contributed by atoms with Gasteiger partial charge in [0.25, 0.3) is 0 Å². The highest BCUT2D eigenvalue weighted by Crippen LogP contribution is 2.35. The minimum atomic E-state index is -0.870. The zero-order valence-electron chi connectivity index (χ0n) is 13.1. The molecular formula is C16H24N2O3. The van der Waals surface area contributed by atoms with Crippen LogP contribution in [0.25, 0.3) is 0 Å². The quantitative estimate of drug-likeness (QED) is 0.904. The lowest BCUT2D eigenvalue weighted by Crippen LogP contribution is -2.34. The van der Waals surface area contributed by atoms with Gasteiger partial charge in [-0.3, -0.25) is 9.36 Å². The first-order valence-electron chi connectivity index (χ1n) is 7.84. The van der Waals surface area contributed by atoms with E-state index in [1.165, 1.54) is 0 Å². The molecule has 0 amide bonds. The van der Waals surface area contributed by atoms with Crippen LogP contribution in [-0.4, -0.2) is 20.6 Å². The maximum Gasteiger partial charge on any atom is 0.348 e. The third-order valence-electron chi connectivity index (χ3n) is 4.57.